The second-order valence-corrected chi connectivity index (χ2v) is 8.26. The summed E-state index contributed by atoms with van der Waals surface area (Å²) in [5, 5.41) is 17.2. The van der Waals surface area contributed by atoms with Gasteiger partial charge >= 0.3 is 5.97 Å². The lowest BCUT2D eigenvalue weighted by atomic mass is 10.2. The van der Waals surface area contributed by atoms with E-state index in [1.165, 1.54) is 41.5 Å². The molecule has 0 aromatic rings. The first-order valence-electron chi connectivity index (χ1n) is 11.0. The molecule has 0 aromatic heterocycles. The summed E-state index contributed by atoms with van der Waals surface area (Å²) < 4.78 is 9.82. The Balaban J connectivity index is -0.000000448. The van der Waals surface area contributed by atoms with Gasteiger partial charge in [0.25, 0.3) is 0 Å². The van der Waals surface area contributed by atoms with Gasteiger partial charge in [0.2, 0.25) is 17.3 Å². The third kappa shape index (κ3) is 23.6. The van der Waals surface area contributed by atoms with E-state index in [1.54, 1.807) is 13.8 Å². The summed E-state index contributed by atoms with van der Waals surface area (Å²) in [6.45, 7) is 11.9. The van der Waals surface area contributed by atoms with Crippen LogP contribution in [0.1, 0.15) is 68.7 Å². The van der Waals surface area contributed by atoms with Gasteiger partial charge in [-0.25, -0.2) is 4.79 Å². The summed E-state index contributed by atoms with van der Waals surface area (Å²) in [5.74, 6) is -5.84. The van der Waals surface area contributed by atoms with Gasteiger partial charge in [0.05, 0.1) is 6.42 Å². The largest absolute Gasteiger partial charge is 0.504 e. The fourth-order valence-electron chi connectivity index (χ4n) is 1.81. The molecule has 1 aliphatic heterocycles. The third-order valence-corrected chi connectivity index (χ3v) is 3.43. The molecule has 0 aromatic carbocycles. The molecular weight excluding hydrogens is 520 g/mol. The van der Waals surface area contributed by atoms with Gasteiger partial charge < -0.3 is 19.7 Å². The number of carbonyl (C=O) groups excluding carboxylic acids is 9. The molecule has 1 aliphatic rings. The van der Waals surface area contributed by atoms with Gasteiger partial charge in [0.1, 0.15) is 5.78 Å². The maximum atomic E-state index is 11.0. The predicted molar refractivity (Wildman–Crippen MR) is 135 cm³/mol. The standard InChI is InChI=1S/C8H10O4.3C6H8O3/c1-5(9)4-6-7(10)12-8(2,3)11-6;3*1-4(7)3-6(9)5(2)8/h4H,1-3H3;3H2,1-2H3;2*3,9H,1-2H3/b6-4-;;6-3-;. The molecule has 13 nitrogen and oxygen atoms in total. The molecule has 39 heavy (non-hydrogen) atoms. The van der Waals surface area contributed by atoms with Crippen LogP contribution in [-0.4, -0.2) is 68.2 Å². The number of esters is 1. The Morgan fingerprint density at radius 2 is 1.05 bits per heavy atom. The molecule has 0 atom stereocenters. The van der Waals surface area contributed by atoms with Crippen molar-refractivity contribution in [1.29, 1.82) is 0 Å². The number of cyclic esters (lactones) is 1. The second kappa shape index (κ2) is 18.7. The minimum atomic E-state index is -0.946. The Morgan fingerprint density at radius 1 is 0.667 bits per heavy atom. The Kier molecular flexibility index (Phi) is 18.6. The highest BCUT2D eigenvalue weighted by atomic mass is 16.8. The van der Waals surface area contributed by atoms with Crippen molar-refractivity contribution in [3.8, 4) is 0 Å². The van der Waals surface area contributed by atoms with Crippen LogP contribution < -0.4 is 0 Å². The minimum Gasteiger partial charge on any atom is -0.504 e. The van der Waals surface area contributed by atoms with Crippen molar-refractivity contribution in [2.24, 2.45) is 0 Å². The molecule has 0 radical (unpaired) electrons. The normalized spacial score (nSPS) is 14.4. The van der Waals surface area contributed by atoms with Gasteiger partial charge in [-0.05, 0) is 27.7 Å². The van der Waals surface area contributed by atoms with Crippen LogP contribution in [-0.2, 0) is 52.6 Å². The molecule has 0 saturated carbocycles. The average Bonchev–Trinajstić information content (AvgIpc) is 2.98. The second-order valence-electron chi connectivity index (χ2n) is 8.26. The Morgan fingerprint density at radius 3 is 1.21 bits per heavy atom. The van der Waals surface area contributed by atoms with Crippen molar-refractivity contribution in [3.05, 3.63) is 35.5 Å². The molecule has 13 heteroatoms. The first kappa shape index (κ1) is 39.0. The van der Waals surface area contributed by atoms with Gasteiger partial charge in [0.15, 0.2) is 46.2 Å². The van der Waals surface area contributed by atoms with Gasteiger partial charge in [0, 0.05) is 52.8 Å². The summed E-state index contributed by atoms with van der Waals surface area (Å²) in [5.41, 5.74) is 0. The summed E-state index contributed by atoms with van der Waals surface area (Å²) >= 11 is 0. The van der Waals surface area contributed by atoms with Crippen LogP contribution in [0.3, 0.4) is 0 Å². The van der Waals surface area contributed by atoms with E-state index < -0.39 is 46.4 Å². The third-order valence-electron chi connectivity index (χ3n) is 3.43. The molecule has 0 spiro atoms. The van der Waals surface area contributed by atoms with E-state index in [9.17, 15) is 43.2 Å². The topological polar surface area (TPSA) is 213 Å². The number of ketones is 8. The number of hydrogen-bond acceptors (Lipinski definition) is 13. The molecule has 1 rings (SSSR count). The zero-order chi connectivity index (χ0) is 31.7. The number of aliphatic hydroxyl groups is 2. The van der Waals surface area contributed by atoms with Crippen molar-refractivity contribution in [2.45, 2.75) is 74.5 Å². The van der Waals surface area contributed by atoms with Crippen LogP contribution in [0.5, 0.6) is 0 Å². The molecule has 0 unspecified atom stereocenters. The lowest BCUT2D eigenvalue weighted by Gasteiger charge is -2.13. The van der Waals surface area contributed by atoms with Gasteiger partial charge in [-0.2, -0.15) is 0 Å². The summed E-state index contributed by atoms with van der Waals surface area (Å²) in [6, 6.07) is 0. The SMILES string of the molecule is CC(=O)/C=C(\O)C(C)=O.CC(=O)/C=C1\OC(C)(C)OC1=O.CC(=O)C=C(O)C(C)=O.CC(=O)CC(=O)C(C)=O. The van der Waals surface area contributed by atoms with Crippen molar-refractivity contribution < 1.29 is 62.8 Å². The van der Waals surface area contributed by atoms with Crippen molar-refractivity contribution in [2.75, 3.05) is 0 Å². The van der Waals surface area contributed by atoms with Crippen LogP contribution in [0.2, 0.25) is 0 Å². The first-order chi connectivity index (χ1) is 17.5. The van der Waals surface area contributed by atoms with Crippen molar-refractivity contribution in [3.63, 3.8) is 0 Å². The van der Waals surface area contributed by atoms with E-state index in [1.807, 2.05) is 0 Å². The molecule has 216 valence electrons. The zero-order valence-electron chi connectivity index (χ0n) is 23.3. The fraction of sp³-hybridized carbons (Fsp3) is 0.423. The molecule has 1 heterocycles. The van der Waals surface area contributed by atoms with Crippen molar-refractivity contribution >= 4 is 52.2 Å². The number of Topliss-reactive ketones (excluding diaryl/α,β-unsaturated/α-hetero) is 5. The van der Waals surface area contributed by atoms with E-state index in [2.05, 4.69) is 0 Å². The number of rotatable bonds is 8. The summed E-state index contributed by atoms with van der Waals surface area (Å²) in [6.07, 6.45) is 2.65. The number of carbonyl (C=O) groups is 9. The van der Waals surface area contributed by atoms with Crippen LogP contribution >= 0.6 is 0 Å². The quantitative estimate of drug-likeness (QED) is 0.145. The first-order valence-corrected chi connectivity index (χ1v) is 11.0. The Hall–Kier alpha value is -4.55. The van der Waals surface area contributed by atoms with Crippen LogP contribution in [0.25, 0.3) is 0 Å². The number of allylic oxidation sites excluding steroid dienone is 5. The van der Waals surface area contributed by atoms with Crippen LogP contribution in [0, 0.1) is 0 Å². The van der Waals surface area contributed by atoms with Crippen molar-refractivity contribution in [1.82, 2.24) is 0 Å². The van der Waals surface area contributed by atoms with E-state index in [-0.39, 0.29) is 35.3 Å². The van der Waals surface area contributed by atoms with E-state index in [0.29, 0.717) is 0 Å². The van der Waals surface area contributed by atoms with Gasteiger partial charge in [-0.3, -0.25) is 38.4 Å². The van der Waals surface area contributed by atoms with E-state index in [0.717, 1.165) is 25.2 Å². The number of hydrogen-bond donors (Lipinski definition) is 2. The fourth-order valence-corrected chi connectivity index (χ4v) is 1.81. The van der Waals surface area contributed by atoms with E-state index in [4.69, 9.17) is 19.7 Å². The number of aliphatic hydroxyl groups excluding tert-OH is 2. The maximum Gasteiger partial charge on any atom is 0.377 e. The molecular formula is C26H34O13. The molecule has 2 N–H and O–H groups in total. The van der Waals surface area contributed by atoms with Gasteiger partial charge in [-0.1, -0.05) is 0 Å². The zero-order valence-corrected chi connectivity index (χ0v) is 23.3. The lowest BCUT2D eigenvalue weighted by Crippen LogP contribution is -2.19. The van der Waals surface area contributed by atoms with Gasteiger partial charge in [-0.15, -0.1) is 0 Å². The smallest absolute Gasteiger partial charge is 0.377 e. The molecule has 0 bridgehead atoms. The highest BCUT2D eigenvalue weighted by Gasteiger charge is 2.37. The molecule has 0 amide bonds. The summed E-state index contributed by atoms with van der Waals surface area (Å²) in [7, 11) is 0. The highest BCUT2D eigenvalue weighted by Crippen LogP contribution is 2.25. The monoisotopic (exact) mass is 554 g/mol. The maximum absolute atomic E-state index is 11.0. The number of ether oxygens (including phenoxy) is 2. The lowest BCUT2D eigenvalue weighted by molar-refractivity contribution is -0.159. The Bertz CT molecular complexity index is 1060. The van der Waals surface area contributed by atoms with Crippen LogP contribution in [0.4, 0.5) is 0 Å². The van der Waals surface area contributed by atoms with Crippen LogP contribution in [0.15, 0.2) is 35.5 Å². The molecule has 1 saturated heterocycles. The molecule has 1 fully saturated rings. The Labute approximate surface area is 225 Å². The summed E-state index contributed by atoms with van der Waals surface area (Å²) in [4.78, 5) is 93.1. The minimum absolute atomic E-state index is 0.0208. The predicted octanol–water partition coefficient (Wildman–Crippen LogP) is 2.11. The highest BCUT2D eigenvalue weighted by molar-refractivity contribution is 6.39. The molecule has 0 aliphatic carbocycles. The average molecular weight is 555 g/mol. The van der Waals surface area contributed by atoms with E-state index >= 15 is 0 Å².